The number of anilines is 2. The van der Waals surface area contributed by atoms with Gasteiger partial charge in [-0.2, -0.15) is 13.2 Å². The van der Waals surface area contributed by atoms with Crippen molar-refractivity contribution < 1.29 is 22.4 Å². The van der Waals surface area contributed by atoms with E-state index in [0.717, 1.165) is 30.9 Å². The highest BCUT2D eigenvalue weighted by Crippen LogP contribution is 2.34. The van der Waals surface area contributed by atoms with Crippen LogP contribution in [0.2, 0.25) is 0 Å². The fourth-order valence-corrected chi connectivity index (χ4v) is 4.39. The number of fused-ring (bicyclic) bond motifs is 1. The van der Waals surface area contributed by atoms with Crippen molar-refractivity contribution in [3.05, 3.63) is 89.7 Å². The van der Waals surface area contributed by atoms with E-state index < -0.39 is 11.7 Å². The number of amides is 1. The Labute approximate surface area is 199 Å². The van der Waals surface area contributed by atoms with E-state index in [1.807, 2.05) is 12.1 Å². The van der Waals surface area contributed by atoms with E-state index in [4.69, 9.17) is 0 Å². The lowest BCUT2D eigenvalue weighted by Gasteiger charge is -2.37. The summed E-state index contributed by atoms with van der Waals surface area (Å²) in [7, 11) is 0. The quantitative estimate of drug-likeness (QED) is 0.487. The molecule has 0 radical (unpaired) electrons. The number of benzene rings is 3. The van der Waals surface area contributed by atoms with Crippen molar-refractivity contribution in [2.75, 3.05) is 42.6 Å². The van der Waals surface area contributed by atoms with Gasteiger partial charge in [-0.15, -0.1) is 0 Å². The highest BCUT2D eigenvalue weighted by molar-refractivity contribution is 6.54. The van der Waals surface area contributed by atoms with Gasteiger partial charge in [0.2, 0.25) is 0 Å². The van der Waals surface area contributed by atoms with Gasteiger partial charge in [-0.3, -0.25) is 14.6 Å². The van der Waals surface area contributed by atoms with Crippen LogP contribution in [0, 0.1) is 5.82 Å². The Kier molecular flexibility index (Phi) is 6.02. The number of hydrogen-bond donors (Lipinski definition) is 0. The first-order valence-corrected chi connectivity index (χ1v) is 11.2. The number of hydrogen-bond acceptors (Lipinski definition) is 4. The molecule has 0 unspecified atom stereocenters. The third kappa shape index (κ3) is 4.77. The van der Waals surface area contributed by atoms with Gasteiger partial charge in [0.05, 0.1) is 23.6 Å². The van der Waals surface area contributed by atoms with Gasteiger partial charge < -0.3 is 4.90 Å². The minimum absolute atomic E-state index is 0.0766. The number of carbonyl (C=O) groups is 1. The van der Waals surface area contributed by atoms with Crippen molar-refractivity contribution in [2.45, 2.75) is 6.18 Å². The molecule has 5 rings (SSSR count). The van der Waals surface area contributed by atoms with E-state index in [1.54, 1.807) is 29.2 Å². The summed E-state index contributed by atoms with van der Waals surface area (Å²) in [4.78, 5) is 23.6. The number of piperazine rings is 1. The molecule has 0 aliphatic carbocycles. The molecule has 3 aromatic rings. The van der Waals surface area contributed by atoms with E-state index in [9.17, 15) is 22.4 Å². The van der Waals surface area contributed by atoms with Crippen molar-refractivity contribution in [1.29, 1.82) is 0 Å². The summed E-state index contributed by atoms with van der Waals surface area (Å²) in [6.07, 6.45) is -4.49. The van der Waals surface area contributed by atoms with Gasteiger partial charge in [-0.05, 0) is 48.5 Å². The number of carbonyl (C=O) groups excluding carboxylic acids is 1. The molecule has 0 atom stereocenters. The first-order valence-electron chi connectivity index (χ1n) is 11.2. The van der Waals surface area contributed by atoms with E-state index in [1.165, 1.54) is 24.3 Å². The van der Waals surface area contributed by atoms with Crippen LogP contribution in [0.3, 0.4) is 0 Å². The topological polar surface area (TPSA) is 39.2 Å². The van der Waals surface area contributed by atoms with Gasteiger partial charge >= 0.3 is 6.18 Å². The smallest absolute Gasteiger partial charge is 0.369 e. The highest BCUT2D eigenvalue weighted by Gasteiger charge is 2.36. The van der Waals surface area contributed by atoms with E-state index >= 15 is 0 Å². The van der Waals surface area contributed by atoms with E-state index in [2.05, 4.69) is 14.8 Å². The fourth-order valence-electron chi connectivity index (χ4n) is 4.39. The van der Waals surface area contributed by atoms with Gasteiger partial charge in [-0.1, -0.05) is 24.3 Å². The van der Waals surface area contributed by atoms with Crippen molar-refractivity contribution in [3.63, 3.8) is 0 Å². The minimum atomic E-state index is -4.49. The van der Waals surface area contributed by atoms with E-state index in [-0.39, 0.29) is 23.1 Å². The first kappa shape index (κ1) is 23.0. The molecule has 0 spiro atoms. The SMILES string of the molecule is O=C1C(=Nc2cccc(C(F)(F)F)c2)c2ccccc2N1CN1CCN(c2ccc(F)cc2)CC1. The Morgan fingerprint density at radius 1 is 0.857 bits per heavy atom. The molecule has 0 saturated carbocycles. The molecule has 5 nitrogen and oxygen atoms in total. The molecule has 2 aliphatic rings. The van der Waals surface area contributed by atoms with Crippen LogP contribution in [0.5, 0.6) is 0 Å². The van der Waals surface area contributed by atoms with Crippen LogP contribution in [0.1, 0.15) is 11.1 Å². The first-order chi connectivity index (χ1) is 16.8. The second-order valence-electron chi connectivity index (χ2n) is 8.48. The lowest BCUT2D eigenvalue weighted by Crippen LogP contribution is -2.51. The number of rotatable bonds is 4. The summed E-state index contributed by atoms with van der Waals surface area (Å²) >= 11 is 0. The average molecular weight is 482 g/mol. The minimum Gasteiger partial charge on any atom is -0.369 e. The Bertz CT molecular complexity index is 1260. The van der Waals surface area contributed by atoms with Gasteiger partial charge in [-0.25, -0.2) is 9.38 Å². The predicted octanol–water partition coefficient (Wildman–Crippen LogP) is 5.09. The zero-order chi connectivity index (χ0) is 24.6. The number of halogens is 4. The van der Waals surface area contributed by atoms with Crippen LogP contribution >= 0.6 is 0 Å². The normalized spacial score (nSPS) is 17.8. The largest absolute Gasteiger partial charge is 0.416 e. The molecule has 1 amide bonds. The molecule has 1 saturated heterocycles. The highest BCUT2D eigenvalue weighted by atomic mass is 19.4. The van der Waals surface area contributed by atoms with Gasteiger partial charge in [0.1, 0.15) is 11.5 Å². The Morgan fingerprint density at radius 2 is 1.57 bits per heavy atom. The molecule has 0 N–H and O–H groups in total. The van der Waals surface area contributed by atoms with Gasteiger partial charge in [0.15, 0.2) is 0 Å². The predicted molar refractivity (Wildman–Crippen MR) is 127 cm³/mol. The maximum atomic E-state index is 13.3. The zero-order valence-corrected chi connectivity index (χ0v) is 18.7. The second-order valence-corrected chi connectivity index (χ2v) is 8.48. The molecule has 2 heterocycles. The van der Waals surface area contributed by atoms with E-state index in [0.29, 0.717) is 31.0 Å². The summed E-state index contributed by atoms with van der Waals surface area (Å²) < 4.78 is 52.6. The molecule has 3 aromatic carbocycles. The van der Waals surface area contributed by atoms with Crippen LogP contribution in [-0.2, 0) is 11.0 Å². The Balaban J connectivity index is 1.34. The van der Waals surface area contributed by atoms with Crippen molar-refractivity contribution in [3.8, 4) is 0 Å². The van der Waals surface area contributed by atoms with Crippen LogP contribution in [0.4, 0.5) is 34.6 Å². The third-order valence-corrected chi connectivity index (χ3v) is 6.22. The molecular weight excluding hydrogens is 460 g/mol. The third-order valence-electron chi connectivity index (χ3n) is 6.22. The number of nitrogens with zero attached hydrogens (tertiary/aromatic N) is 4. The number of para-hydroxylation sites is 1. The van der Waals surface area contributed by atoms with Gasteiger partial charge in [0.25, 0.3) is 5.91 Å². The summed E-state index contributed by atoms with van der Waals surface area (Å²) in [5.41, 5.74) is 1.62. The van der Waals surface area contributed by atoms with Crippen LogP contribution in [-0.4, -0.2) is 49.4 Å². The monoisotopic (exact) mass is 482 g/mol. The maximum Gasteiger partial charge on any atom is 0.416 e. The lowest BCUT2D eigenvalue weighted by molar-refractivity contribution is -0.137. The Morgan fingerprint density at radius 3 is 2.29 bits per heavy atom. The summed E-state index contributed by atoms with van der Waals surface area (Å²) in [6, 6.07) is 18.2. The molecule has 1 fully saturated rings. The summed E-state index contributed by atoms with van der Waals surface area (Å²) in [5, 5.41) is 0. The molecule has 2 aliphatic heterocycles. The van der Waals surface area contributed by atoms with Crippen molar-refractivity contribution in [2.24, 2.45) is 4.99 Å². The van der Waals surface area contributed by atoms with Crippen molar-refractivity contribution >= 4 is 28.7 Å². The lowest BCUT2D eigenvalue weighted by atomic mass is 10.1. The molecule has 35 heavy (non-hydrogen) atoms. The zero-order valence-electron chi connectivity index (χ0n) is 18.7. The molecule has 9 heteroatoms. The van der Waals surface area contributed by atoms with Crippen LogP contribution in [0.15, 0.2) is 77.8 Å². The number of alkyl halides is 3. The second kappa shape index (κ2) is 9.14. The molecule has 0 aromatic heterocycles. The van der Waals surface area contributed by atoms with Crippen LogP contribution < -0.4 is 9.80 Å². The van der Waals surface area contributed by atoms with Gasteiger partial charge in [0, 0.05) is 37.4 Å². The average Bonchev–Trinajstić information content (AvgIpc) is 3.11. The molecular formula is C26H22F4N4O. The fraction of sp³-hybridized carbons (Fsp3) is 0.231. The molecule has 180 valence electrons. The Hall–Kier alpha value is -3.72. The maximum absolute atomic E-state index is 13.3. The van der Waals surface area contributed by atoms with Crippen molar-refractivity contribution in [1.82, 2.24) is 4.90 Å². The number of aliphatic imine (C=N–C) groups is 1. The molecule has 0 bridgehead atoms. The summed E-state index contributed by atoms with van der Waals surface area (Å²) in [5.74, 6) is -0.620. The standard InChI is InChI=1S/C26H22F4N4O/c27-19-8-10-21(11-9-19)33-14-12-32(13-15-33)17-34-23-7-2-1-6-22(23)24(25(34)35)31-20-5-3-4-18(16-20)26(28,29)30/h1-11,16H,12-15,17H2. The van der Waals surface area contributed by atoms with Crippen LogP contribution in [0.25, 0.3) is 0 Å². The summed E-state index contributed by atoms with van der Waals surface area (Å²) in [6.45, 7) is 3.18.